The van der Waals surface area contributed by atoms with Crippen LogP contribution in [0.3, 0.4) is 0 Å². The van der Waals surface area contributed by atoms with Crippen molar-refractivity contribution < 1.29 is 9.21 Å². The van der Waals surface area contributed by atoms with Crippen molar-refractivity contribution in [3.05, 3.63) is 59.1 Å². The number of carbonyl (C=O) groups excluding carboxylic acids is 1. The molecule has 0 saturated heterocycles. The molecule has 0 spiro atoms. The Morgan fingerprint density at radius 2 is 1.88 bits per heavy atom. The summed E-state index contributed by atoms with van der Waals surface area (Å²) >= 11 is 0. The molecule has 0 amide bonds. The Bertz CT molecular complexity index is 1120. The molecule has 4 rings (SSSR count). The van der Waals surface area contributed by atoms with Crippen molar-refractivity contribution in [3.8, 4) is 5.69 Å². The average molecular weight is 318 g/mol. The first-order chi connectivity index (χ1) is 11.5. The molecule has 4 aromatic rings. The van der Waals surface area contributed by atoms with Crippen LogP contribution in [0.15, 0.2) is 40.8 Å². The largest absolute Gasteiger partial charge is 0.441 e. The van der Waals surface area contributed by atoms with Crippen LogP contribution in [0.2, 0.25) is 0 Å². The third kappa shape index (κ3) is 1.99. The van der Waals surface area contributed by atoms with E-state index in [-0.39, 0.29) is 5.78 Å². The quantitative estimate of drug-likeness (QED) is 0.494. The minimum absolute atomic E-state index is 0.0559. The van der Waals surface area contributed by atoms with Crippen LogP contribution in [-0.4, -0.2) is 15.3 Å². The van der Waals surface area contributed by atoms with E-state index in [1.807, 2.05) is 38.1 Å². The number of oxazole rings is 1. The molecule has 0 aliphatic carbocycles. The van der Waals surface area contributed by atoms with Gasteiger partial charge in [0.25, 0.3) is 0 Å². The number of fused-ring (bicyclic) bond motifs is 2. The lowest BCUT2D eigenvalue weighted by molar-refractivity contribution is 0.101. The minimum Gasteiger partial charge on any atom is -0.441 e. The van der Waals surface area contributed by atoms with Crippen molar-refractivity contribution in [2.75, 3.05) is 0 Å². The molecular weight excluding hydrogens is 300 g/mol. The molecule has 0 N–H and O–H groups in total. The van der Waals surface area contributed by atoms with Crippen molar-refractivity contribution in [3.63, 3.8) is 0 Å². The monoisotopic (exact) mass is 318 g/mol. The van der Waals surface area contributed by atoms with E-state index < -0.39 is 0 Å². The van der Waals surface area contributed by atoms with Crippen molar-refractivity contribution in [2.24, 2.45) is 0 Å². The lowest BCUT2D eigenvalue weighted by atomic mass is 10.1. The van der Waals surface area contributed by atoms with Crippen LogP contribution in [0, 0.1) is 20.8 Å². The van der Waals surface area contributed by atoms with Gasteiger partial charge in [0, 0.05) is 29.3 Å². The fourth-order valence-corrected chi connectivity index (χ4v) is 3.52. The van der Waals surface area contributed by atoms with Gasteiger partial charge in [-0.3, -0.25) is 4.79 Å². The molecule has 24 heavy (non-hydrogen) atoms. The molecule has 4 heteroatoms. The molecule has 0 bridgehead atoms. The highest BCUT2D eigenvalue weighted by Crippen LogP contribution is 2.33. The van der Waals surface area contributed by atoms with Crippen LogP contribution < -0.4 is 0 Å². The number of benzene rings is 2. The van der Waals surface area contributed by atoms with Gasteiger partial charge in [-0.1, -0.05) is 18.2 Å². The summed E-state index contributed by atoms with van der Waals surface area (Å²) in [7, 11) is 0. The van der Waals surface area contributed by atoms with Crippen LogP contribution >= 0.6 is 0 Å². The van der Waals surface area contributed by atoms with Gasteiger partial charge in [-0.25, -0.2) is 4.98 Å². The molecule has 0 atom stereocenters. The molecule has 0 fully saturated rings. The van der Waals surface area contributed by atoms with E-state index in [1.54, 1.807) is 6.92 Å². The summed E-state index contributed by atoms with van der Waals surface area (Å²) in [5.74, 6) is 0.682. The van der Waals surface area contributed by atoms with E-state index in [2.05, 4.69) is 28.6 Å². The second-order valence-corrected chi connectivity index (χ2v) is 6.21. The van der Waals surface area contributed by atoms with E-state index in [0.29, 0.717) is 11.5 Å². The molecule has 0 saturated carbocycles. The molecule has 2 aromatic heterocycles. The lowest BCUT2D eigenvalue weighted by Gasteiger charge is -2.11. The summed E-state index contributed by atoms with van der Waals surface area (Å²) < 4.78 is 7.80. The van der Waals surface area contributed by atoms with E-state index in [1.165, 1.54) is 0 Å². The first-order valence-corrected chi connectivity index (χ1v) is 7.96. The molecule has 0 radical (unpaired) electrons. The van der Waals surface area contributed by atoms with Crippen LogP contribution in [0.4, 0.5) is 0 Å². The van der Waals surface area contributed by atoms with Gasteiger partial charge >= 0.3 is 0 Å². The van der Waals surface area contributed by atoms with Gasteiger partial charge in [-0.15, -0.1) is 0 Å². The number of ketones is 1. The fraction of sp³-hybridized carbons (Fsp3) is 0.200. The standard InChI is InChI=1S/C20H18N2O2/c1-11-7-5-6-8-17(11)22-12(2)20(13(3)23)15-9-19-16(10-18(15)22)21-14(4)24-19/h5-10H,1-4H3. The number of aryl methyl sites for hydroxylation is 2. The summed E-state index contributed by atoms with van der Waals surface area (Å²) in [5, 5.41) is 0.909. The molecule has 120 valence electrons. The topological polar surface area (TPSA) is 48.0 Å². The zero-order valence-electron chi connectivity index (χ0n) is 14.2. The second kappa shape index (κ2) is 5.06. The highest BCUT2D eigenvalue weighted by atomic mass is 16.3. The Morgan fingerprint density at radius 1 is 1.12 bits per heavy atom. The Kier molecular flexibility index (Phi) is 3.10. The summed E-state index contributed by atoms with van der Waals surface area (Å²) in [4.78, 5) is 16.7. The lowest BCUT2D eigenvalue weighted by Crippen LogP contribution is -2.01. The van der Waals surface area contributed by atoms with E-state index in [0.717, 1.165) is 38.9 Å². The predicted octanol–water partition coefficient (Wildman–Crippen LogP) is 4.90. The maximum atomic E-state index is 12.3. The van der Waals surface area contributed by atoms with Crippen molar-refractivity contribution >= 4 is 27.8 Å². The number of Topliss-reactive ketones (excluding diaryl/α,β-unsaturated/α-hetero) is 1. The number of hydrogen-bond donors (Lipinski definition) is 0. The Balaban J connectivity index is 2.20. The fourth-order valence-electron chi connectivity index (χ4n) is 3.52. The van der Waals surface area contributed by atoms with E-state index >= 15 is 0 Å². The second-order valence-electron chi connectivity index (χ2n) is 6.21. The maximum Gasteiger partial charge on any atom is 0.192 e. The molecular formula is C20H18N2O2. The van der Waals surface area contributed by atoms with Gasteiger partial charge in [0.2, 0.25) is 0 Å². The summed E-state index contributed by atoms with van der Waals surface area (Å²) in [6.07, 6.45) is 0. The molecule has 2 heterocycles. The first kappa shape index (κ1) is 14.7. The number of nitrogens with zero attached hydrogens (tertiary/aromatic N) is 2. The molecule has 2 aromatic carbocycles. The first-order valence-electron chi connectivity index (χ1n) is 7.96. The number of hydrogen-bond acceptors (Lipinski definition) is 3. The van der Waals surface area contributed by atoms with Gasteiger partial charge in [0.1, 0.15) is 5.52 Å². The van der Waals surface area contributed by atoms with Crippen LogP contribution in [0.25, 0.3) is 27.7 Å². The highest BCUT2D eigenvalue weighted by Gasteiger charge is 2.20. The zero-order chi connectivity index (χ0) is 17.0. The smallest absolute Gasteiger partial charge is 0.192 e. The van der Waals surface area contributed by atoms with Crippen LogP contribution in [-0.2, 0) is 0 Å². The number of carbonyl (C=O) groups is 1. The van der Waals surface area contributed by atoms with Crippen molar-refractivity contribution in [1.82, 2.24) is 9.55 Å². The number of rotatable bonds is 2. The maximum absolute atomic E-state index is 12.3. The Morgan fingerprint density at radius 3 is 2.58 bits per heavy atom. The summed E-state index contributed by atoms with van der Waals surface area (Å²) in [6.45, 7) is 7.51. The predicted molar refractivity (Wildman–Crippen MR) is 95.1 cm³/mol. The highest BCUT2D eigenvalue weighted by molar-refractivity contribution is 6.11. The molecule has 4 nitrogen and oxygen atoms in total. The van der Waals surface area contributed by atoms with Gasteiger partial charge in [-0.05, 0) is 44.5 Å². The number of para-hydroxylation sites is 1. The van der Waals surface area contributed by atoms with E-state index in [9.17, 15) is 4.79 Å². The SMILES string of the molecule is CC(=O)c1c(C)n(-c2ccccc2C)c2cc3nc(C)oc3cc12. The van der Waals surface area contributed by atoms with Crippen LogP contribution in [0.5, 0.6) is 0 Å². The van der Waals surface area contributed by atoms with Crippen molar-refractivity contribution in [2.45, 2.75) is 27.7 Å². The zero-order valence-corrected chi connectivity index (χ0v) is 14.2. The Labute approximate surface area is 139 Å². The van der Waals surface area contributed by atoms with Gasteiger partial charge in [-0.2, -0.15) is 0 Å². The average Bonchev–Trinajstić information content (AvgIpc) is 3.01. The third-order valence-electron chi connectivity index (χ3n) is 4.53. The Hall–Kier alpha value is -2.88. The molecule has 0 unspecified atom stereocenters. The summed E-state index contributed by atoms with van der Waals surface area (Å²) in [5.41, 5.74) is 6.41. The van der Waals surface area contributed by atoms with Gasteiger partial charge in [0.05, 0.1) is 5.52 Å². The minimum atomic E-state index is 0.0559. The normalized spacial score (nSPS) is 11.5. The summed E-state index contributed by atoms with van der Waals surface area (Å²) in [6, 6.07) is 12.1. The van der Waals surface area contributed by atoms with Gasteiger partial charge in [0.15, 0.2) is 17.3 Å². The molecule has 0 aliphatic rings. The van der Waals surface area contributed by atoms with Crippen LogP contribution in [0.1, 0.15) is 34.4 Å². The van der Waals surface area contributed by atoms with Crippen molar-refractivity contribution in [1.29, 1.82) is 0 Å². The molecule has 0 aliphatic heterocycles. The third-order valence-corrected chi connectivity index (χ3v) is 4.53. The van der Waals surface area contributed by atoms with Gasteiger partial charge < -0.3 is 8.98 Å². The van der Waals surface area contributed by atoms with E-state index in [4.69, 9.17) is 4.42 Å². The number of aromatic nitrogens is 2.